The number of allylic oxidation sites excluding steroid dienone is 4. The van der Waals surface area contributed by atoms with Crippen molar-refractivity contribution in [1.82, 2.24) is 10.3 Å². The van der Waals surface area contributed by atoms with Crippen molar-refractivity contribution in [2.45, 2.75) is 18.1 Å². The van der Waals surface area contributed by atoms with Crippen molar-refractivity contribution in [3.8, 4) is 11.3 Å². The van der Waals surface area contributed by atoms with E-state index in [9.17, 15) is 0 Å². The molecule has 56 heavy (non-hydrogen) atoms. The van der Waals surface area contributed by atoms with E-state index in [1.54, 1.807) is 0 Å². The molecule has 4 heterocycles. The molecule has 0 spiro atoms. The van der Waals surface area contributed by atoms with Gasteiger partial charge in [0.25, 0.3) is 0 Å². The van der Waals surface area contributed by atoms with Crippen molar-refractivity contribution in [2.75, 3.05) is 10.6 Å². The van der Waals surface area contributed by atoms with Crippen molar-refractivity contribution in [3.05, 3.63) is 221 Å². The summed E-state index contributed by atoms with van der Waals surface area (Å²) in [7, 11) is 0. The predicted octanol–water partition coefficient (Wildman–Crippen LogP) is 12.3. The first kappa shape index (κ1) is 32.3. The maximum Gasteiger partial charge on any atom is 0.0947 e. The number of hydrogen-bond acceptors (Lipinski definition) is 4. The molecule has 0 radical (unpaired) electrons. The summed E-state index contributed by atoms with van der Waals surface area (Å²) in [5.74, 6) is 0. The first-order valence-corrected chi connectivity index (χ1v) is 19.4. The zero-order valence-electron chi connectivity index (χ0n) is 30.7. The highest BCUT2D eigenvalue weighted by molar-refractivity contribution is 5.98. The summed E-state index contributed by atoms with van der Waals surface area (Å²) in [6, 6.07) is 50.2. The van der Waals surface area contributed by atoms with E-state index >= 15 is 0 Å². The van der Waals surface area contributed by atoms with Gasteiger partial charge in [0.2, 0.25) is 0 Å². The van der Waals surface area contributed by atoms with Gasteiger partial charge in [0.1, 0.15) is 0 Å². The smallest absolute Gasteiger partial charge is 0.0947 e. The van der Waals surface area contributed by atoms with Crippen LogP contribution in [0.5, 0.6) is 0 Å². The van der Waals surface area contributed by atoms with Crippen LogP contribution in [0.2, 0.25) is 0 Å². The Hall–Kier alpha value is -7.17. The third-order valence-corrected chi connectivity index (χ3v) is 11.5. The maximum absolute atomic E-state index is 5.14. The number of pyridine rings is 1. The second-order valence-corrected chi connectivity index (χ2v) is 15.0. The summed E-state index contributed by atoms with van der Waals surface area (Å²) < 4.78 is 0. The Morgan fingerprint density at radius 2 is 1.14 bits per heavy atom. The third kappa shape index (κ3) is 5.84. The van der Waals surface area contributed by atoms with E-state index in [-0.39, 0.29) is 18.1 Å². The molecule has 6 aromatic carbocycles. The van der Waals surface area contributed by atoms with Gasteiger partial charge in [0.05, 0.1) is 35.0 Å². The quantitative estimate of drug-likeness (QED) is 0.166. The lowest BCUT2D eigenvalue weighted by molar-refractivity contribution is 0.815. The fraction of sp³-hybridized carbons (Fsp3) is 0.0577. The number of aromatic nitrogens is 1. The van der Waals surface area contributed by atoms with Gasteiger partial charge in [0.15, 0.2) is 0 Å². The first-order chi connectivity index (χ1) is 27.7. The van der Waals surface area contributed by atoms with Crippen LogP contribution < -0.4 is 16.0 Å². The summed E-state index contributed by atoms with van der Waals surface area (Å²) in [6.07, 6.45) is 20.2. The van der Waals surface area contributed by atoms with E-state index in [1.165, 1.54) is 49.7 Å². The Kier molecular flexibility index (Phi) is 7.66. The normalized spacial score (nSPS) is 19.1. The third-order valence-electron chi connectivity index (χ3n) is 11.5. The van der Waals surface area contributed by atoms with Gasteiger partial charge in [-0.3, -0.25) is 0 Å². The van der Waals surface area contributed by atoms with Crippen LogP contribution in [0.3, 0.4) is 0 Å². The number of dihydropyridines is 1. The second kappa shape index (κ2) is 13.3. The lowest BCUT2D eigenvalue weighted by atomic mass is 9.90. The number of hydrogen-bond donors (Lipinski definition) is 3. The monoisotopic (exact) mass is 718 g/mol. The number of benzene rings is 6. The molecule has 0 fully saturated rings. The lowest BCUT2D eigenvalue weighted by Gasteiger charge is -2.28. The van der Waals surface area contributed by atoms with E-state index in [0.717, 1.165) is 44.8 Å². The number of nitrogens with zero attached hydrogens (tertiary/aromatic N) is 1. The van der Waals surface area contributed by atoms with E-state index < -0.39 is 0 Å². The highest BCUT2D eigenvalue weighted by Crippen LogP contribution is 2.38. The molecule has 3 atom stereocenters. The molecule has 0 saturated heterocycles. The number of anilines is 2. The van der Waals surface area contributed by atoms with Crippen LogP contribution in [0.4, 0.5) is 11.4 Å². The van der Waals surface area contributed by atoms with Crippen LogP contribution in [0, 0.1) is 0 Å². The van der Waals surface area contributed by atoms with E-state index in [2.05, 4.69) is 204 Å². The molecule has 4 aliphatic rings. The van der Waals surface area contributed by atoms with Crippen LogP contribution in [0.15, 0.2) is 188 Å². The molecule has 3 unspecified atom stereocenters. The van der Waals surface area contributed by atoms with Gasteiger partial charge in [-0.15, -0.1) is 0 Å². The molecule has 1 aromatic heterocycles. The molecule has 3 aliphatic heterocycles. The molecular weight excluding hydrogens is 681 g/mol. The second-order valence-electron chi connectivity index (χ2n) is 15.0. The standard InChI is InChI=1S/C52H38N4/c1-3-7-33(8-4-1)41-15-11-35-22-26-47(54-49(35)31-41)44-18-12-36-21-25-46(53-50(36)32-44)42-19-16-40-30-43(20-17-39(40)29-42)48-28-24-38-14-13-37-23-27-45(34-9-5-2-6-10-34)55-51(37)52(38)56-48/h1-32,46,48-49,53-54,56H. The van der Waals surface area contributed by atoms with Crippen molar-refractivity contribution in [1.29, 1.82) is 0 Å². The first-order valence-electron chi connectivity index (χ1n) is 19.4. The van der Waals surface area contributed by atoms with Gasteiger partial charge in [-0.05, 0) is 85.6 Å². The molecule has 3 N–H and O–H groups in total. The van der Waals surface area contributed by atoms with E-state index in [1.807, 2.05) is 6.07 Å². The van der Waals surface area contributed by atoms with E-state index in [4.69, 9.17) is 4.98 Å². The molecule has 4 nitrogen and oxygen atoms in total. The summed E-state index contributed by atoms with van der Waals surface area (Å²) in [5, 5.41) is 15.1. The van der Waals surface area contributed by atoms with Gasteiger partial charge in [-0.2, -0.15) is 0 Å². The Bertz CT molecular complexity index is 2890. The van der Waals surface area contributed by atoms with Crippen LogP contribution in [-0.2, 0) is 0 Å². The van der Waals surface area contributed by atoms with Gasteiger partial charge >= 0.3 is 0 Å². The van der Waals surface area contributed by atoms with Crippen LogP contribution in [-0.4, -0.2) is 11.0 Å². The molecule has 4 heteroatoms. The maximum atomic E-state index is 5.14. The van der Waals surface area contributed by atoms with Crippen molar-refractivity contribution in [3.63, 3.8) is 0 Å². The Morgan fingerprint density at radius 1 is 0.464 bits per heavy atom. The van der Waals surface area contributed by atoms with Crippen LogP contribution >= 0.6 is 0 Å². The summed E-state index contributed by atoms with van der Waals surface area (Å²) in [4.78, 5) is 5.14. The molecule has 0 bridgehead atoms. The average Bonchev–Trinajstić information content (AvgIpc) is 3.28. The van der Waals surface area contributed by atoms with Gasteiger partial charge in [0, 0.05) is 22.3 Å². The van der Waals surface area contributed by atoms with Crippen molar-refractivity contribution >= 4 is 56.5 Å². The number of rotatable bonds is 5. The van der Waals surface area contributed by atoms with Crippen LogP contribution in [0.1, 0.15) is 45.5 Å². The fourth-order valence-electron chi connectivity index (χ4n) is 8.44. The summed E-state index contributed by atoms with van der Waals surface area (Å²) in [6.45, 7) is 0. The van der Waals surface area contributed by atoms with Gasteiger partial charge in [-0.1, -0.05) is 164 Å². The zero-order valence-corrected chi connectivity index (χ0v) is 30.7. The summed E-state index contributed by atoms with van der Waals surface area (Å²) in [5.41, 5.74) is 16.2. The minimum atomic E-state index is 0.0420. The van der Waals surface area contributed by atoms with E-state index in [0.29, 0.717) is 0 Å². The molecule has 0 saturated carbocycles. The van der Waals surface area contributed by atoms with Crippen molar-refractivity contribution in [2.24, 2.45) is 0 Å². The molecule has 0 amide bonds. The fourth-order valence-corrected chi connectivity index (χ4v) is 8.44. The minimum Gasteiger partial charge on any atom is -0.374 e. The van der Waals surface area contributed by atoms with Crippen LogP contribution in [0.25, 0.3) is 56.4 Å². The molecule has 11 rings (SSSR count). The zero-order chi connectivity index (χ0) is 37.0. The topological polar surface area (TPSA) is 49.0 Å². The van der Waals surface area contributed by atoms with Crippen molar-refractivity contribution < 1.29 is 0 Å². The number of nitrogens with one attached hydrogen (secondary N) is 3. The Balaban J connectivity index is 0.822. The molecule has 1 aliphatic carbocycles. The predicted molar refractivity (Wildman–Crippen MR) is 235 cm³/mol. The molecule has 266 valence electrons. The van der Waals surface area contributed by atoms with Gasteiger partial charge in [-0.25, -0.2) is 4.98 Å². The SMILES string of the molecule is C1=CC2=CC=C(c3ccc4c(c3)NC(c3ccc5cc(C6C=Cc7ccc8ccc(-c9ccccc9)nc8c7N6)ccc5c3)C=C4)NC2C=C1c1ccccc1. The number of fused-ring (bicyclic) bond motifs is 6. The van der Waals surface area contributed by atoms with Gasteiger partial charge < -0.3 is 16.0 Å². The lowest BCUT2D eigenvalue weighted by Crippen LogP contribution is -2.31. The average molecular weight is 719 g/mol. The highest BCUT2D eigenvalue weighted by Gasteiger charge is 2.22. The Labute approximate surface area is 326 Å². The minimum absolute atomic E-state index is 0.0420. The molecule has 7 aromatic rings. The molecular formula is C52H38N4. The Morgan fingerprint density at radius 3 is 1.93 bits per heavy atom. The largest absolute Gasteiger partial charge is 0.374 e. The summed E-state index contributed by atoms with van der Waals surface area (Å²) >= 11 is 0. The highest BCUT2D eigenvalue weighted by atomic mass is 15.0.